The Morgan fingerprint density at radius 2 is 1.86 bits per heavy atom. The number of hydrogen-bond donors (Lipinski definition) is 2. The van der Waals surface area contributed by atoms with Crippen LogP contribution >= 0.6 is 0 Å². The Labute approximate surface area is 166 Å². The summed E-state index contributed by atoms with van der Waals surface area (Å²) in [4.78, 5) is 12.3. The van der Waals surface area contributed by atoms with Crippen LogP contribution in [0.3, 0.4) is 0 Å². The monoisotopic (exact) mass is 430 g/mol. The highest BCUT2D eigenvalue weighted by Crippen LogP contribution is 2.36. The number of halogens is 3. The van der Waals surface area contributed by atoms with Crippen LogP contribution in [0, 0.1) is 13.8 Å². The van der Waals surface area contributed by atoms with Gasteiger partial charge in [0.1, 0.15) is 0 Å². The second-order valence-corrected chi connectivity index (χ2v) is 8.09. The van der Waals surface area contributed by atoms with Gasteiger partial charge in [-0.3, -0.25) is 9.48 Å². The molecule has 1 atom stereocenters. The van der Waals surface area contributed by atoms with Gasteiger partial charge in [0.15, 0.2) is 6.04 Å². The van der Waals surface area contributed by atoms with E-state index in [-0.39, 0.29) is 34.0 Å². The molecule has 0 radical (unpaired) electrons. The van der Waals surface area contributed by atoms with Gasteiger partial charge in [-0.2, -0.15) is 18.3 Å². The van der Waals surface area contributed by atoms with E-state index in [4.69, 9.17) is 0 Å². The van der Waals surface area contributed by atoms with Crippen molar-refractivity contribution in [3.8, 4) is 0 Å². The van der Waals surface area contributed by atoms with Gasteiger partial charge in [0.05, 0.1) is 10.6 Å². The SMILES string of the molecule is C=CCNS(=O)(=O)c1ccc(C(=O)NC(c2c(C)nn(C)c2C)C(F)(F)F)cc1. The molecule has 0 aliphatic heterocycles. The molecule has 1 aromatic heterocycles. The zero-order chi connectivity index (χ0) is 22.0. The van der Waals surface area contributed by atoms with Crippen molar-refractivity contribution >= 4 is 15.9 Å². The molecule has 2 N–H and O–H groups in total. The van der Waals surface area contributed by atoms with E-state index in [2.05, 4.69) is 16.4 Å². The molecule has 158 valence electrons. The van der Waals surface area contributed by atoms with Crippen LogP contribution in [0.4, 0.5) is 13.2 Å². The second-order valence-electron chi connectivity index (χ2n) is 6.32. The number of aryl methyl sites for hydroxylation is 2. The molecule has 0 fully saturated rings. The summed E-state index contributed by atoms with van der Waals surface area (Å²) in [7, 11) is -2.29. The van der Waals surface area contributed by atoms with Gasteiger partial charge in [-0.15, -0.1) is 6.58 Å². The molecule has 7 nitrogen and oxygen atoms in total. The summed E-state index contributed by atoms with van der Waals surface area (Å²) in [6, 6.07) is 2.33. The number of aromatic nitrogens is 2. The van der Waals surface area contributed by atoms with Crippen LogP contribution in [0.2, 0.25) is 0 Å². The van der Waals surface area contributed by atoms with Gasteiger partial charge in [-0.1, -0.05) is 6.08 Å². The number of alkyl halides is 3. The zero-order valence-corrected chi connectivity index (χ0v) is 16.9. The van der Waals surface area contributed by atoms with Gasteiger partial charge < -0.3 is 5.32 Å². The van der Waals surface area contributed by atoms with E-state index in [0.29, 0.717) is 0 Å². The molecule has 1 unspecified atom stereocenters. The van der Waals surface area contributed by atoms with Crippen molar-refractivity contribution in [1.29, 1.82) is 0 Å². The number of nitrogens with zero attached hydrogens (tertiary/aromatic N) is 2. The van der Waals surface area contributed by atoms with Crippen LogP contribution in [0.25, 0.3) is 0 Å². The molecule has 0 saturated carbocycles. The predicted molar refractivity (Wildman–Crippen MR) is 101 cm³/mol. The van der Waals surface area contributed by atoms with Crippen molar-refractivity contribution in [2.24, 2.45) is 7.05 Å². The Kier molecular flexibility index (Phi) is 6.53. The maximum Gasteiger partial charge on any atom is 0.413 e. The number of rotatable bonds is 7. The summed E-state index contributed by atoms with van der Waals surface area (Å²) < 4.78 is 68.5. The fourth-order valence-electron chi connectivity index (χ4n) is 2.78. The molecule has 11 heteroatoms. The van der Waals surface area contributed by atoms with Crippen molar-refractivity contribution in [1.82, 2.24) is 19.8 Å². The minimum absolute atomic E-state index is 0.0155. The summed E-state index contributed by atoms with van der Waals surface area (Å²) >= 11 is 0. The summed E-state index contributed by atoms with van der Waals surface area (Å²) in [5, 5.41) is 5.95. The van der Waals surface area contributed by atoms with Crippen LogP contribution in [0.15, 0.2) is 41.8 Å². The third kappa shape index (κ3) is 5.04. The summed E-state index contributed by atoms with van der Waals surface area (Å²) in [6.45, 7) is 6.33. The fraction of sp³-hybridized carbons (Fsp3) is 0.333. The maximum atomic E-state index is 13.6. The van der Waals surface area contributed by atoms with E-state index in [9.17, 15) is 26.4 Å². The minimum Gasteiger partial charge on any atom is -0.337 e. The topological polar surface area (TPSA) is 93.1 Å². The zero-order valence-electron chi connectivity index (χ0n) is 16.0. The largest absolute Gasteiger partial charge is 0.413 e. The summed E-state index contributed by atoms with van der Waals surface area (Å²) in [5.74, 6) is -0.988. The van der Waals surface area contributed by atoms with E-state index in [1.54, 1.807) is 0 Å². The van der Waals surface area contributed by atoms with Crippen LogP contribution in [-0.2, 0) is 17.1 Å². The van der Waals surface area contributed by atoms with Crippen LogP contribution in [0.5, 0.6) is 0 Å². The lowest BCUT2D eigenvalue weighted by molar-refractivity contribution is -0.155. The lowest BCUT2D eigenvalue weighted by Crippen LogP contribution is -2.38. The fourth-order valence-corrected chi connectivity index (χ4v) is 3.78. The van der Waals surface area contributed by atoms with E-state index in [0.717, 1.165) is 24.3 Å². The number of amides is 1. The van der Waals surface area contributed by atoms with E-state index in [1.165, 1.54) is 31.7 Å². The summed E-state index contributed by atoms with van der Waals surface area (Å²) in [6.07, 6.45) is -3.38. The Morgan fingerprint density at radius 1 is 1.28 bits per heavy atom. The van der Waals surface area contributed by atoms with Crippen LogP contribution in [0.1, 0.15) is 33.4 Å². The quantitative estimate of drug-likeness (QED) is 0.661. The van der Waals surface area contributed by atoms with Crippen molar-refractivity contribution < 1.29 is 26.4 Å². The molecule has 0 saturated heterocycles. The lowest BCUT2D eigenvalue weighted by atomic mass is 10.0. The van der Waals surface area contributed by atoms with E-state index < -0.39 is 28.1 Å². The number of nitrogens with one attached hydrogen (secondary N) is 2. The molecule has 1 aromatic carbocycles. The Hall–Kier alpha value is -2.66. The molecule has 0 bridgehead atoms. The molecule has 1 heterocycles. The average Bonchev–Trinajstić information content (AvgIpc) is 2.89. The Bertz CT molecular complexity index is 1010. The highest BCUT2D eigenvalue weighted by atomic mass is 32.2. The average molecular weight is 430 g/mol. The minimum atomic E-state index is -4.74. The van der Waals surface area contributed by atoms with E-state index >= 15 is 0 Å². The van der Waals surface area contributed by atoms with E-state index in [1.807, 2.05) is 5.32 Å². The van der Waals surface area contributed by atoms with Gasteiger partial charge in [-0.25, -0.2) is 13.1 Å². The molecule has 1 amide bonds. The van der Waals surface area contributed by atoms with Gasteiger partial charge >= 0.3 is 6.18 Å². The maximum absolute atomic E-state index is 13.6. The number of carbonyl (C=O) groups is 1. The molecular weight excluding hydrogens is 409 g/mol. The number of benzene rings is 1. The first kappa shape index (κ1) is 22.6. The highest BCUT2D eigenvalue weighted by Gasteiger charge is 2.44. The molecule has 0 aliphatic carbocycles. The smallest absolute Gasteiger partial charge is 0.337 e. The Morgan fingerprint density at radius 3 is 2.31 bits per heavy atom. The van der Waals surface area contributed by atoms with Crippen molar-refractivity contribution in [2.75, 3.05) is 6.54 Å². The van der Waals surface area contributed by atoms with Gasteiger partial charge in [-0.05, 0) is 38.1 Å². The standard InChI is InChI=1S/C18H21F3N4O3S/c1-5-10-22-29(27,28)14-8-6-13(7-9-14)17(26)23-16(18(19,20)21)15-11(2)24-25(4)12(15)3/h5-9,16,22H,1,10H2,2-4H3,(H,23,26). The first-order valence-electron chi connectivity index (χ1n) is 8.46. The van der Waals surface area contributed by atoms with Crippen LogP contribution < -0.4 is 10.0 Å². The van der Waals surface area contributed by atoms with Crippen molar-refractivity contribution in [3.63, 3.8) is 0 Å². The third-order valence-electron chi connectivity index (χ3n) is 4.30. The number of carbonyl (C=O) groups excluding carboxylic acids is 1. The summed E-state index contributed by atoms with van der Waals surface area (Å²) in [5.41, 5.74) is 0.199. The molecular formula is C18H21F3N4O3S. The van der Waals surface area contributed by atoms with Crippen LogP contribution in [-0.4, -0.2) is 36.8 Å². The normalized spacial score (nSPS) is 13.2. The Balaban J connectivity index is 2.30. The predicted octanol–water partition coefficient (Wildman–Crippen LogP) is 2.53. The molecule has 2 aromatic rings. The first-order valence-corrected chi connectivity index (χ1v) is 9.95. The molecule has 0 spiro atoms. The van der Waals surface area contributed by atoms with Gasteiger partial charge in [0.2, 0.25) is 10.0 Å². The van der Waals surface area contributed by atoms with Gasteiger partial charge in [0, 0.05) is 30.4 Å². The molecule has 2 rings (SSSR count). The van der Waals surface area contributed by atoms with Crippen molar-refractivity contribution in [2.45, 2.75) is 31.0 Å². The number of hydrogen-bond acceptors (Lipinski definition) is 4. The molecule has 0 aliphatic rings. The van der Waals surface area contributed by atoms with Gasteiger partial charge in [0.25, 0.3) is 5.91 Å². The highest BCUT2D eigenvalue weighted by molar-refractivity contribution is 7.89. The molecule has 29 heavy (non-hydrogen) atoms. The third-order valence-corrected chi connectivity index (χ3v) is 5.74. The lowest BCUT2D eigenvalue weighted by Gasteiger charge is -2.22. The number of sulfonamides is 1. The van der Waals surface area contributed by atoms with Crippen molar-refractivity contribution in [3.05, 3.63) is 59.4 Å². The second kappa shape index (κ2) is 8.37. The first-order chi connectivity index (χ1) is 13.4.